The van der Waals surface area contributed by atoms with Crippen LogP contribution in [0.2, 0.25) is 0 Å². The molecule has 2 aromatic rings. The zero-order valence-electron chi connectivity index (χ0n) is 10.9. The Balaban J connectivity index is 2.30. The summed E-state index contributed by atoms with van der Waals surface area (Å²) in [6.45, 7) is 1.66. The fraction of sp³-hybridized carbons (Fsp3) is 0.133. The Hall–Kier alpha value is -2.50. The van der Waals surface area contributed by atoms with Crippen LogP contribution in [0.1, 0.15) is 15.9 Å². The van der Waals surface area contributed by atoms with Gasteiger partial charge in [-0.25, -0.2) is 4.79 Å². The fourth-order valence-electron chi connectivity index (χ4n) is 1.95. The number of hydrogen-bond acceptors (Lipinski definition) is 2. The van der Waals surface area contributed by atoms with Crippen molar-refractivity contribution in [3.8, 4) is 16.9 Å². The van der Waals surface area contributed by atoms with E-state index >= 15 is 0 Å². The Labute approximate surface area is 118 Å². The summed E-state index contributed by atoms with van der Waals surface area (Å²) in [4.78, 5) is 10.8. The minimum atomic E-state index is -4.73. The van der Waals surface area contributed by atoms with Crippen LogP contribution in [-0.4, -0.2) is 17.4 Å². The summed E-state index contributed by atoms with van der Waals surface area (Å²) in [5.74, 6) is -1.32. The summed E-state index contributed by atoms with van der Waals surface area (Å²) in [6.07, 6.45) is -4.73. The van der Waals surface area contributed by atoms with Crippen molar-refractivity contribution in [1.82, 2.24) is 0 Å². The van der Waals surface area contributed by atoms with Gasteiger partial charge >= 0.3 is 12.3 Å². The first-order chi connectivity index (χ1) is 9.76. The molecule has 0 amide bonds. The highest BCUT2D eigenvalue weighted by molar-refractivity contribution is 5.88. The number of carbonyl (C=O) groups is 1. The molecule has 3 nitrogen and oxygen atoms in total. The molecule has 0 saturated carbocycles. The fourth-order valence-corrected chi connectivity index (χ4v) is 1.95. The van der Waals surface area contributed by atoms with Crippen molar-refractivity contribution >= 4 is 5.97 Å². The third-order valence-electron chi connectivity index (χ3n) is 2.87. The highest BCUT2D eigenvalue weighted by Gasteiger charge is 2.31. The van der Waals surface area contributed by atoms with Gasteiger partial charge in [0.15, 0.2) is 0 Å². The maximum absolute atomic E-state index is 12.1. The summed E-state index contributed by atoms with van der Waals surface area (Å²) in [7, 11) is 0. The predicted molar refractivity (Wildman–Crippen MR) is 70.3 cm³/mol. The molecule has 0 aliphatic carbocycles. The van der Waals surface area contributed by atoms with Gasteiger partial charge in [0.25, 0.3) is 0 Å². The van der Waals surface area contributed by atoms with E-state index in [4.69, 9.17) is 5.11 Å². The Morgan fingerprint density at radius 3 is 2.19 bits per heavy atom. The Morgan fingerprint density at radius 2 is 1.71 bits per heavy atom. The molecule has 1 N–H and O–H groups in total. The molecule has 0 saturated heterocycles. The standard InChI is InChI=1S/C15H11F3O3/c1-9-8-12(21-15(16,17)18)6-7-13(9)10-2-4-11(5-3-10)14(19)20/h2-8H,1H3,(H,19,20). The maximum Gasteiger partial charge on any atom is 0.573 e. The predicted octanol–water partition coefficient (Wildman–Crippen LogP) is 4.26. The molecule has 0 fully saturated rings. The van der Waals surface area contributed by atoms with E-state index in [0.29, 0.717) is 11.1 Å². The van der Waals surface area contributed by atoms with Gasteiger partial charge in [-0.1, -0.05) is 18.2 Å². The van der Waals surface area contributed by atoms with Gasteiger partial charge in [0.05, 0.1) is 5.56 Å². The van der Waals surface area contributed by atoms with E-state index in [1.807, 2.05) is 0 Å². The lowest BCUT2D eigenvalue weighted by atomic mass is 9.99. The summed E-state index contributed by atoms with van der Waals surface area (Å²) in [6, 6.07) is 10.1. The Bertz CT molecular complexity index is 661. The molecule has 0 bridgehead atoms. The van der Waals surface area contributed by atoms with Gasteiger partial charge in [-0.15, -0.1) is 13.2 Å². The third-order valence-corrected chi connectivity index (χ3v) is 2.87. The van der Waals surface area contributed by atoms with Crippen LogP contribution in [0.15, 0.2) is 42.5 Å². The normalized spacial score (nSPS) is 11.2. The molecule has 0 radical (unpaired) electrons. The second kappa shape index (κ2) is 5.47. The molecule has 0 aliphatic rings. The quantitative estimate of drug-likeness (QED) is 0.920. The minimum absolute atomic E-state index is 0.147. The summed E-state index contributed by atoms with van der Waals surface area (Å²) >= 11 is 0. The van der Waals surface area contributed by atoms with Crippen LogP contribution >= 0.6 is 0 Å². The molecule has 0 heterocycles. The van der Waals surface area contributed by atoms with Crippen molar-refractivity contribution in [2.75, 3.05) is 0 Å². The molecule has 0 unspecified atom stereocenters. The van der Waals surface area contributed by atoms with E-state index in [-0.39, 0.29) is 11.3 Å². The topological polar surface area (TPSA) is 46.5 Å². The first kappa shape index (κ1) is 14.9. The number of aromatic carboxylic acids is 1. The van der Waals surface area contributed by atoms with E-state index in [1.54, 1.807) is 19.1 Å². The first-order valence-electron chi connectivity index (χ1n) is 5.96. The smallest absolute Gasteiger partial charge is 0.478 e. The lowest BCUT2D eigenvalue weighted by molar-refractivity contribution is -0.274. The third kappa shape index (κ3) is 3.75. The van der Waals surface area contributed by atoms with Crippen molar-refractivity contribution in [3.05, 3.63) is 53.6 Å². The van der Waals surface area contributed by atoms with Crippen LogP contribution in [0, 0.1) is 6.92 Å². The Morgan fingerprint density at radius 1 is 1.10 bits per heavy atom. The Kier molecular flexibility index (Phi) is 3.88. The van der Waals surface area contributed by atoms with Crippen LogP contribution in [0.4, 0.5) is 13.2 Å². The minimum Gasteiger partial charge on any atom is -0.478 e. The first-order valence-corrected chi connectivity index (χ1v) is 5.96. The second-order valence-electron chi connectivity index (χ2n) is 4.41. The van der Waals surface area contributed by atoms with Crippen molar-refractivity contribution in [3.63, 3.8) is 0 Å². The number of alkyl halides is 3. The van der Waals surface area contributed by atoms with Crippen LogP contribution < -0.4 is 4.74 Å². The van der Waals surface area contributed by atoms with Crippen molar-refractivity contribution in [2.45, 2.75) is 13.3 Å². The van der Waals surface area contributed by atoms with E-state index in [9.17, 15) is 18.0 Å². The molecule has 2 aromatic carbocycles. The molecule has 0 aliphatic heterocycles. The zero-order chi connectivity index (χ0) is 15.6. The van der Waals surface area contributed by atoms with Crippen molar-refractivity contribution < 1.29 is 27.8 Å². The van der Waals surface area contributed by atoms with Gasteiger partial charge in [-0.3, -0.25) is 0 Å². The lowest BCUT2D eigenvalue weighted by Crippen LogP contribution is -2.17. The lowest BCUT2D eigenvalue weighted by Gasteiger charge is -2.12. The number of halogens is 3. The average molecular weight is 296 g/mol. The zero-order valence-corrected chi connectivity index (χ0v) is 10.9. The highest BCUT2D eigenvalue weighted by Crippen LogP contribution is 2.29. The SMILES string of the molecule is Cc1cc(OC(F)(F)F)ccc1-c1ccc(C(=O)O)cc1. The van der Waals surface area contributed by atoms with E-state index in [0.717, 1.165) is 5.56 Å². The van der Waals surface area contributed by atoms with E-state index in [2.05, 4.69) is 4.74 Å². The van der Waals surface area contributed by atoms with Crippen LogP contribution in [0.5, 0.6) is 5.75 Å². The number of carboxylic acid groups (broad SMARTS) is 1. The van der Waals surface area contributed by atoms with Crippen molar-refractivity contribution in [1.29, 1.82) is 0 Å². The largest absolute Gasteiger partial charge is 0.573 e. The monoisotopic (exact) mass is 296 g/mol. The summed E-state index contributed by atoms with van der Waals surface area (Å²) in [5.41, 5.74) is 2.17. The molecular formula is C15H11F3O3. The average Bonchev–Trinajstić information content (AvgIpc) is 2.37. The number of ether oxygens (including phenoxy) is 1. The number of aryl methyl sites for hydroxylation is 1. The van der Waals surface area contributed by atoms with Gasteiger partial charge in [0, 0.05) is 0 Å². The van der Waals surface area contributed by atoms with E-state index in [1.165, 1.54) is 30.3 Å². The number of benzene rings is 2. The van der Waals surface area contributed by atoms with E-state index < -0.39 is 12.3 Å². The molecular weight excluding hydrogens is 285 g/mol. The number of rotatable bonds is 3. The van der Waals surface area contributed by atoms with Gasteiger partial charge in [-0.05, 0) is 47.9 Å². The summed E-state index contributed by atoms with van der Waals surface area (Å²) < 4.78 is 40.3. The van der Waals surface area contributed by atoms with Crippen molar-refractivity contribution in [2.24, 2.45) is 0 Å². The van der Waals surface area contributed by atoms with Gasteiger partial charge in [0.1, 0.15) is 5.75 Å². The second-order valence-corrected chi connectivity index (χ2v) is 4.41. The van der Waals surface area contributed by atoms with Gasteiger partial charge < -0.3 is 9.84 Å². The van der Waals surface area contributed by atoms with Gasteiger partial charge in [0.2, 0.25) is 0 Å². The molecule has 110 valence electrons. The molecule has 2 rings (SSSR count). The molecule has 0 spiro atoms. The number of hydrogen-bond donors (Lipinski definition) is 1. The molecule has 6 heteroatoms. The maximum atomic E-state index is 12.1. The molecule has 0 aromatic heterocycles. The van der Waals surface area contributed by atoms with Crippen LogP contribution in [0.3, 0.4) is 0 Å². The number of carboxylic acids is 1. The molecule has 0 atom stereocenters. The molecule has 21 heavy (non-hydrogen) atoms. The highest BCUT2D eigenvalue weighted by atomic mass is 19.4. The summed E-state index contributed by atoms with van der Waals surface area (Å²) in [5, 5.41) is 8.82. The van der Waals surface area contributed by atoms with Crippen LogP contribution in [-0.2, 0) is 0 Å². The van der Waals surface area contributed by atoms with Crippen LogP contribution in [0.25, 0.3) is 11.1 Å². The van der Waals surface area contributed by atoms with Gasteiger partial charge in [-0.2, -0.15) is 0 Å².